The lowest BCUT2D eigenvalue weighted by Crippen LogP contribution is -2.46. The van der Waals surface area contributed by atoms with E-state index in [0.29, 0.717) is 6.42 Å². The highest BCUT2D eigenvalue weighted by Crippen LogP contribution is 2.44. The zero-order valence-corrected chi connectivity index (χ0v) is 21.5. The number of piperazine rings is 1. The molecule has 3 heterocycles. The molecule has 0 radical (unpaired) electrons. The maximum Gasteiger partial charge on any atom is 0.0946 e. The molecule has 188 valence electrons. The van der Waals surface area contributed by atoms with Gasteiger partial charge in [-0.25, -0.2) is 4.98 Å². The quantitative estimate of drug-likeness (QED) is 0.535. The molecule has 0 spiro atoms. The van der Waals surface area contributed by atoms with E-state index >= 15 is 0 Å². The van der Waals surface area contributed by atoms with Crippen molar-refractivity contribution in [2.45, 2.75) is 25.4 Å². The number of aromatic nitrogens is 3. The van der Waals surface area contributed by atoms with Gasteiger partial charge in [-0.1, -0.05) is 36.4 Å². The number of pyridine rings is 1. The first-order valence-corrected chi connectivity index (χ1v) is 12.7. The summed E-state index contributed by atoms with van der Waals surface area (Å²) in [6.45, 7) is 10.5. The van der Waals surface area contributed by atoms with Gasteiger partial charge in [0.15, 0.2) is 0 Å². The van der Waals surface area contributed by atoms with Gasteiger partial charge in [-0.2, -0.15) is 0 Å². The summed E-state index contributed by atoms with van der Waals surface area (Å²) >= 11 is 0. The van der Waals surface area contributed by atoms with Gasteiger partial charge in [0.25, 0.3) is 0 Å². The van der Waals surface area contributed by atoms with Gasteiger partial charge >= 0.3 is 0 Å². The summed E-state index contributed by atoms with van der Waals surface area (Å²) in [6.07, 6.45) is 8.43. The number of aliphatic hydroxyl groups excluding tert-OH is 1. The van der Waals surface area contributed by atoms with Crippen molar-refractivity contribution in [1.82, 2.24) is 29.7 Å². The van der Waals surface area contributed by atoms with Gasteiger partial charge in [0, 0.05) is 58.1 Å². The van der Waals surface area contributed by atoms with Crippen molar-refractivity contribution in [2.24, 2.45) is 7.05 Å². The maximum absolute atomic E-state index is 9.56. The molecule has 2 aliphatic rings. The van der Waals surface area contributed by atoms with Gasteiger partial charge in [-0.15, -0.1) is 0 Å². The Morgan fingerprint density at radius 3 is 2.72 bits per heavy atom. The lowest BCUT2D eigenvalue weighted by molar-refractivity contribution is 0.125. The predicted octanol–water partition coefficient (Wildman–Crippen LogP) is 3.54. The van der Waals surface area contributed by atoms with Gasteiger partial charge in [0.05, 0.1) is 36.0 Å². The molecule has 7 nitrogen and oxygen atoms in total. The average molecular weight is 485 g/mol. The van der Waals surface area contributed by atoms with Crippen molar-refractivity contribution in [3.8, 4) is 0 Å². The summed E-state index contributed by atoms with van der Waals surface area (Å²) in [4.78, 5) is 14.3. The Bertz CT molecular complexity index is 1270. The highest BCUT2D eigenvalue weighted by molar-refractivity contribution is 5.89. The molecule has 1 aliphatic carbocycles. The molecule has 0 amide bonds. The fourth-order valence-electron chi connectivity index (χ4n) is 5.39. The zero-order valence-electron chi connectivity index (χ0n) is 21.5. The van der Waals surface area contributed by atoms with Crippen molar-refractivity contribution < 1.29 is 5.11 Å². The van der Waals surface area contributed by atoms with E-state index in [1.54, 1.807) is 0 Å². The molecular weight excluding hydrogens is 448 g/mol. The second-order valence-electron chi connectivity index (χ2n) is 9.99. The van der Waals surface area contributed by atoms with E-state index in [1.807, 2.05) is 36.4 Å². The fourth-order valence-corrected chi connectivity index (χ4v) is 5.39. The molecule has 0 saturated carbocycles. The first-order chi connectivity index (χ1) is 17.5. The van der Waals surface area contributed by atoms with Crippen LogP contribution in [0.4, 0.5) is 0 Å². The van der Waals surface area contributed by atoms with Gasteiger partial charge in [0.1, 0.15) is 0 Å². The fraction of sp³-hybridized carbons (Fsp3) is 0.379. The molecule has 1 saturated heterocycles. The number of nitrogens with one attached hydrogen (secondary N) is 1. The maximum atomic E-state index is 9.56. The Hall–Kier alpha value is -3.26. The third-order valence-corrected chi connectivity index (χ3v) is 7.38. The number of rotatable bonds is 7. The molecule has 36 heavy (non-hydrogen) atoms. The van der Waals surface area contributed by atoms with Crippen LogP contribution in [0.15, 0.2) is 61.3 Å². The molecule has 2 atom stereocenters. The van der Waals surface area contributed by atoms with Crippen LogP contribution in [0.3, 0.4) is 0 Å². The third-order valence-electron chi connectivity index (χ3n) is 7.38. The van der Waals surface area contributed by atoms with E-state index in [0.717, 1.165) is 54.4 Å². The lowest BCUT2D eigenvalue weighted by Gasteiger charge is -2.38. The van der Waals surface area contributed by atoms with Crippen LogP contribution < -0.4 is 5.32 Å². The summed E-state index contributed by atoms with van der Waals surface area (Å²) in [5, 5.41) is 13.2. The standard InChI is InChI=1S/C29H36N6O/c1-20-7-8-23-24(16-20)25(28(32-21(2)9-15-36)26-18-30-19-34(26)4)17-22-6-5-10-31-27(22)29(23)35-13-11-33(3)12-14-35/h5-8,10,16-19,28-29,32,36H,2,9,11-15H2,1,3-4H3. The van der Waals surface area contributed by atoms with Crippen molar-refractivity contribution in [1.29, 1.82) is 0 Å². The third kappa shape index (κ3) is 4.74. The van der Waals surface area contributed by atoms with Gasteiger partial charge < -0.3 is 19.9 Å². The summed E-state index contributed by atoms with van der Waals surface area (Å²) < 4.78 is 2.05. The number of fused-ring (bicyclic) bond motifs is 2. The van der Waals surface area contributed by atoms with Crippen molar-refractivity contribution in [3.05, 3.63) is 95.0 Å². The number of hydrogen-bond donors (Lipinski definition) is 2. The molecule has 1 fully saturated rings. The Labute approximate surface area is 213 Å². The van der Waals surface area contributed by atoms with Crippen molar-refractivity contribution in [2.75, 3.05) is 39.8 Å². The van der Waals surface area contributed by atoms with E-state index in [2.05, 4.69) is 71.0 Å². The molecular formula is C29H36N6O. The lowest BCUT2D eigenvalue weighted by atomic mass is 9.88. The van der Waals surface area contributed by atoms with Gasteiger partial charge in [-0.3, -0.25) is 9.88 Å². The highest BCUT2D eigenvalue weighted by Gasteiger charge is 2.34. The van der Waals surface area contributed by atoms with E-state index in [-0.39, 0.29) is 18.7 Å². The summed E-state index contributed by atoms with van der Waals surface area (Å²) in [6, 6.07) is 10.9. The SMILES string of the molecule is C=C(CCO)NC(C1=Cc2cccnc2C(N2CCN(C)CC2)c2ccc(C)cc21)c1cncn1C. The molecule has 0 bridgehead atoms. The molecule has 7 heteroatoms. The topological polar surface area (TPSA) is 69.5 Å². The van der Waals surface area contributed by atoms with E-state index < -0.39 is 0 Å². The summed E-state index contributed by atoms with van der Waals surface area (Å²) in [5.74, 6) is 0. The van der Waals surface area contributed by atoms with Crippen molar-refractivity contribution in [3.63, 3.8) is 0 Å². The largest absolute Gasteiger partial charge is 0.396 e. The molecule has 1 aliphatic heterocycles. The summed E-state index contributed by atoms with van der Waals surface area (Å²) in [7, 11) is 4.21. The minimum absolute atomic E-state index is 0.0525. The van der Waals surface area contributed by atoms with Crippen molar-refractivity contribution >= 4 is 11.6 Å². The minimum Gasteiger partial charge on any atom is -0.396 e. The minimum atomic E-state index is -0.184. The predicted molar refractivity (Wildman–Crippen MR) is 144 cm³/mol. The highest BCUT2D eigenvalue weighted by atomic mass is 16.3. The summed E-state index contributed by atoms with van der Waals surface area (Å²) in [5.41, 5.74) is 8.92. The number of likely N-dealkylation sites (N-methyl/N-ethyl adjacent to an activating group) is 1. The second kappa shape index (κ2) is 10.4. The van der Waals surface area contributed by atoms with Crippen LogP contribution in [-0.2, 0) is 7.05 Å². The van der Waals surface area contributed by atoms with Crippen LogP contribution in [0.25, 0.3) is 11.6 Å². The number of nitrogens with zero attached hydrogens (tertiary/aromatic N) is 5. The number of imidazole rings is 1. The molecule has 3 aromatic rings. The van der Waals surface area contributed by atoms with Crippen LogP contribution in [0.5, 0.6) is 0 Å². The Kier molecular flexibility index (Phi) is 7.05. The Morgan fingerprint density at radius 2 is 2.00 bits per heavy atom. The molecule has 2 N–H and O–H groups in total. The van der Waals surface area contributed by atoms with E-state index in [1.165, 1.54) is 16.7 Å². The van der Waals surface area contributed by atoms with Gasteiger partial charge in [-0.05, 0) is 48.4 Å². The van der Waals surface area contributed by atoms with Gasteiger partial charge in [0.2, 0.25) is 0 Å². The number of aliphatic hydroxyl groups is 1. The normalized spacial score (nSPS) is 19.1. The van der Waals surface area contributed by atoms with Crippen LogP contribution in [0.1, 0.15) is 52.1 Å². The molecule has 5 rings (SSSR count). The second-order valence-corrected chi connectivity index (χ2v) is 9.99. The molecule has 2 aromatic heterocycles. The van der Waals surface area contributed by atoms with Crippen LogP contribution in [-0.4, -0.2) is 69.3 Å². The first kappa shape index (κ1) is 24.4. The Morgan fingerprint density at radius 1 is 1.19 bits per heavy atom. The average Bonchev–Trinajstić information content (AvgIpc) is 3.23. The number of aryl methyl sites for hydroxylation is 2. The smallest absolute Gasteiger partial charge is 0.0946 e. The Balaban J connectivity index is 1.71. The monoisotopic (exact) mass is 484 g/mol. The first-order valence-electron chi connectivity index (χ1n) is 12.7. The number of hydrogen-bond acceptors (Lipinski definition) is 6. The van der Waals surface area contributed by atoms with Crippen LogP contribution in [0.2, 0.25) is 0 Å². The zero-order chi connectivity index (χ0) is 25.2. The molecule has 2 unspecified atom stereocenters. The van der Waals surface area contributed by atoms with E-state index in [9.17, 15) is 5.11 Å². The van der Waals surface area contributed by atoms with Crippen LogP contribution >= 0.6 is 0 Å². The number of benzene rings is 1. The van der Waals surface area contributed by atoms with Crippen LogP contribution in [0, 0.1) is 6.92 Å². The molecule has 1 aromatic carbocycles. The van der Waals surface area contributed by atoms with E-state index in [4.69, 9.17) is 4.98 Å².